The number of allylic oxidation sites excluding steroid dienone is 6. The van der Waals surface area contributed by atoms with E-state index in [-0.39, 0.29) is 18.1 Å². The molecule has 0 saturated carbocycles. The Morgan fingerprint density at radius 1 is 1.17 bits per heavy atom. The summed E-state index contributed by atoms with van der Waals surface area (Å²) in [5.41, 5.74) is 0.887. The van der Waals surface area contributed by atoms with E-state index in [1.54, 1.807) is 0 Å². The Kier molecular flexibility index (Phi) is 10.6. The van der Waals surface area contributed by atoms with Crippen LogP contribution in [0, 0.1) is 5.92 Å². The fraction of sp³-hybridized carbons (Fsp3) is 0.600. The van der Waals surface area contributed by atoms with Crippen molar-refractivity contribution in [2.75, 3.05) is 0 Å². The van der Waals surface area contributed by atoms with Crippen molar-refractivity contribution in [2.45, 2.75) is 71.1 Å². The Balaban J connectivity index is 2.40. The van der Waals surface area contributed by atoms with Gasteiger partial charge in [0.1, 0.15) is 0 Å². The summed E-state index contributed by atoms with van der Waals surface area (Å²) >= 11 is 3.36. The van der Waals surface area contributed by atoms with Gasteiger partial charge in [-0.25, -0.2) is 0 Å². The van der Waals surface area contributed by atoms with Crippen LogP contribution in [0.15, 0.2) is 34.4 Å². The SMILES string of the molecule is CCCCC/C=C/CC1C=C(Br)C(=O)/C1=C\CCCCCC(=O)O. The quantitative estimate of drug-likeness (QED) is 0.251. The van der Waals surface area contributed by atoms with E-state index >= 15 is 0 Å². The Bertz CT molecular complexity index is 503. The van der Waals surface area contributed by atoms with E-state index in [1.807, 2.05) is 12.2 Å². The number of carbonyl (C=O) groups is 2. The third kappa shape index (κ3) is 8.09. The van der Waals surface area contributed by atoms with Crippen LogP contribution in [0.25, 0.3) is 0 Å². The van der Waals surface area contributed by atoms with Gasteiger partial charge in [0.2, 0.25) is 0 Å². The predicted molar refractivity (Wildman–Crippen MR) is 102 cm³/mol. The molecule has 0 amide bonds. The van der Waals surface area contributed by atoms with Gasteiger partial charge in [0.15, 0.2) is 5.78 Å². The summed E-state index contributed by atoms with van der Waals surface area (Å²) in [7, 11) is 0. The van der Waals surface area contributed by atoms with Crippen molar-refractivity contribution < 1.29 is 14.7 Å². The lowest BCUT2D eigenvalue weighted by Crippen LogP contribution is -2.03. The van der Waals surface area contributed by atoms with Crippen LogP contribution in [0.2, 0.25) is 0 Å². The number of unbranched alkanes of at least 4 members (excludes halogenated alkanes) is 6. The van der Waals surface area contributed by atoms with Gasteiger partial charge < -0.3 is 5.11 Å². The molecule has 4 heteroatoms. The molecule has 1 aliphatic rings. The maximum atomic E-state index is 12.2. The van der Waals surface area contributed by atoms with Gasteiger partial charge in [0.05, 0.1) is 4.48 Å². The Morgan fingerprint density at radius 2 is 1.92 bits per heavy atom. The number of Topliss-reactive ketones (excluding diaryl/α,β-unsaturated/α-hetero) is 1. The van der Waals surface area contributed by atoms with E-state index in [0.29, 0.717) is 10.9 Å². The van der Waals surface area contributed by atoms with E-state index in [2.05, 4.69) is 35.0 Å². The molecule has 0 bridgehead atoms. The van der Waals surface area contributed by atoms with Crippen LogP contribution in [-0.2, 0) is 9.59 Å². The van der Waals surface area contributed by atoms with Crippen LogP contribution >= 0.6 is 15.9 Å². The van der Waals surface area contributed by atoms with Crippen LogP contribution in [-0.4, -0.2) is 16.9 Å². The summed E-state index contributed by atoms with van der Waals surface area (Å²) in [5, 5.41) is 8.62. The first-order valence-corrected chi connectivity index (χ1v) is 9.84. The second-order valence-electron chi connectivity index (χ2n) is 6.31. The molecule has 0 aromatic carbocycles. The minimum atomic E-state index is -0.738. The average Bonchev–Trinajstić information content (AvgIpc) is 2.81. The van der Waals surface area contributed by atoms with Crippen molar-refractivity contribution in [1.82, 2.24) is 0 Å². The zero-order valence-corrected chi connectivity index (χ0v) is 16.2. The highest BCUT2D eigenvalue weighted by atomic mass is 79.9. The molecule has 1 atom stereocenters. The Morgan fingerprint density at radius 3 is 2.62 bits per heavy atom. The molecule has 0 radical (unpaired) electrons. The highest BCUT2D eigenvalue weighted by Gasteiger charge is 2.27. The lowest BCUT2D eigenvalue weighted by molar-refractivity contribution is -0.137. The van der Waals surface area contributed by atoms with Crippen molar-refractivity contribution in [1.29, 1.82) is 0 Å². The molecule has 0 fully saturated rings. The standard InChI is InChI=1S/C20H29BrO3/c1-2-3-4-5-6-9-12-16-15-18(21)20(24)17(16)13-10-7-8-11-14-19(22)23/h6,9,13,15-16H,2-5,7-8,10-12,14H2,1H3,(H,22,23)/b9-6+,17-13-. The normalized spacial score (nSPS) is 19.4. The van der Waals surface area contributed by atoms with Gasteiger partial charge in [0, 0.05) is 17.9 Å². The number of hydrogen-bond donors (Lipinski definition) is 1. The van der Waals surface area contributed by atoms with Gasteiger partial charge >= 0.3 is 5.97 Å². The molecule has 1 unspecified atom stereocenters. The zero-order chi connectivity index (χ0) is 17.8. The van der Waals surface area contributed by atoms with E-state index in [9.17, 15) is 9.59 Å². The maximum absolute atomic E-state index is 12.2. The number of aliphatic carboxylic acids is 1. The first kappa shape index (κ1) is 20.9. The van der Waals surface area contributed by atoms with E-state index in [1.165, 1.54) is 19.3 Å². The van der Waals surface area contributed by atoms with Crippen molar-refractivity contribution >= 4 is 27.7 Å². The molecule has 0 heterocycles. The summed E-state index contributed by atoms with van der Waals surface area (Å²) in [6, 6.07) is 0. The molecular formula is C20H29BrO3. The number of carbonyl (C=O) groups excluding carboxylic acids is 1. The summed E-state index contributed by atoms with van der Waals surface area (Å²) in [6.07, 6.45) is 17.8. The van der Waals surface area contributed by atoms with Gasteiger partial charge in [-0.05, 0) is 54.5 Å². The molecule has 0 aromatic heterocycles. The minimum absolute atomic E-state index is 0.102. The van der Waals surface area contributed by atoms with Gasteiger partial charge in [0.25, 0.3) is 0 Å². The summed E-state index contributed by atoms with van der Waals surface area (Å²) in [4.78, 5) is 22.7. The molecule has 24 heavy (non-hydrogen) atoms. The van der Waals surface area contributed by atoms with Crippen LogP contribution in [0.3, 0.4) is 0 Å². The number of hydrogen-bond acceptors (Lipinski definition) is 2. The molecule has 0 saturated heterocycles. The van der Waals surface area contributed by atoms with Crippen molar-refractivity contribution in [3.63, 3.8) is 0 Å². The molecule has 0 aromatic rings. The smallest absolute Gasteiger partial charge is 0.303 e. The Labute approximate surface area is 154 Å². The van der Waals surface area contributed by atoms with Gasteiger partial charge in [-0.15, -0.1) is 0 Å². The second-order valence-corrected chi connectivity index (χ2v) is 7.16. The van der Waals surface area contributed by atoms with Gasteiger partial charge in [-0.1, -0.05) is 50.5 Å². The van der Waals surface area contributed by atoms with Gasteiger partial charge in [-0.2, -0.15) is 0 Å². The molecule has 134 valence electrons. The van der Waals surface area contributed by atoms with Crippen LogP contribution in [0.5, 0.6) is 0 Å². The summed E-state index contributed by atoms with van der Waals surface area (Å²) < 4.78 is 0.670. The summed E-state index contributed by atoms with van der Waals surface area (Å²) in [6.45, 7) is 2.20. The van der Waals surface area contributed by atoms with E-state index in [4.69, 9.17) is 5.11 Å². The first-order valence-electron chi connectivity index (χ1n) is 9.05. The number of carboxylic acids is 1. The third-order valence-corrected chi connectivity index (χ3v) is 4.84. The molecular weight excluding hydrogens is 368 g/mol. The highest BCUT2D eigenvalue weighted by Crippen LogP contribution is 2.33. The van der Waals surface area contributed by atoms with Crippen molar-refractivity contribution in [3.8, 4) is 0 Å². The highest BCUT2D eigenvalue weighted by molar-refractivity contribution is 9.12. The van der Waals surface area contributed by atoms with Crippen LogP contribution in [0.1, 0.15) is 71.1 Å². The van der Waals surface area contributed by atoms with Crippen molar-refractivity contribution in [3.05, 3.63) is 34.4 Å². The number of carboxylic acid groups (broad SMARTS) is 1. The first-order chi connectivity index (χ1) is 11.6. The second kappa shape index (κ2) is 12.2. The zero-order valence-electron chi connectivity index (χ0n) is 14.6. The largest absolute Gasteiger partial charge is 0.481 e. The maximum Gasteiger partial charge on any atom is 0.303 e. The number of ketones is 1. The third-order valence-electron chi connectivity index (χ3n) is 4.22. The molecule has 0 spiro atoms. The number of rotatable bonds is 12. The molecule has 1 N–H and O–H groups in total. The molecule has 3 nitrogen and oxygen atoms in total. The fourth-order valence-electron chi connectivity index (χ4n) is 2.82. The monoisotopic (exact) mass is 396 g/mol. The molecule has 1 aliphatic carbocycles. The van der Waals surface area contributed by atoms with E-state index in [0.717, 1.165) is 37.7 Å². The van der Waals surface area contributed by atoms with Crippen molar-refractivity contribution in [2.24, 2.45) is 5.92 Å². The summed E-state index contributed by atoms with van der Waals surface area (Å²) in [5.74, 6) is -0.462. The number of halogens is 1. The molecule has 1 rings (SSSR count). The fourth-order valence-corrected chi connectivity index (χ4v) is 3.36. The average molecular weight is 397 g/mol. The van der Waals surface area contributed by atoms with Gasteiger partial charge in [-0.3, -0.25) is 9.59 Å². The lowest BCUT2D eigenvalue weighted by Gasteiger charge is -2.07. The minimum Gasteiger partial charge on any atom is -0.481 e. The van der Waals surface area contributed by atoms with Crippen LogP contribution in [0.4, 0.5) is 0 Å². The Hall–Kier alpha value is -1.16. The van der Waals surface area contributed by atoms with E-state index < -0.39 is 5.97 Å². The molecule has 0 aliphatic heterocycles. The lowest BCUT2D eigenvalue weighted by atomic mass is 9.96. The predicted octanol–water partition coefficient (Wildman–Crippen LogP) is 5.95. The topological polar surface area (TPSA) is 54.4 Å². The van der Waals surface area contributed by atoms with Crippen LogP contribution < -0.4 is 0 Å².